The monoisotopic (exact) mass is 280 g/mol. The molecule has 1 rings (SSSR count). The molecule has 0 bridgehead atoms. The summed E-state index contributed by atoms with van der Waals surface area (Å²) >= 11 is 1.77. The molecule has 1 fully saturated rings. The van der Waals surface area contributed by atoms with E-state index in [0.29, 0.717) is 23.5 Å². The van der Waals surface area contributed by atoms with Crippen molar-refractivity contribution >= 4 is 21.8 Å². The molecule has 0 aromatic carbocycles. The highest BCUT2D eigenvalue weighted by atomic mass is 32.2. The van der Waals surface area contributed by atoms with Crippen molar-refractivity contribution in [3.63, 3.8) is 0 Å². The minimum Gasteiger partial charge on any atom is -0.317 e. The fraction of sp³-hybridized carbons (Fsp3) is 1.00. The molecule has 0 amide bonds. The quantitative estimate of drug-likeness (QED) is 0.732. The van der Waals surface area contributed by atoms with E-state index in [2.05, 4.69) is 17.0 Å². The Kier molecular flexibility index (Phi) is 6.84. The number of hydrogen-bond acceptors (Lipinski definition) is 4. The maximum Gasteiger partial charge on any atom is 0.211 e. The Balaban J connectivity index is 2.25. The maximum absolute atomic E-state index is 11.8. The number of nitrogens with one attached hydrogen (secondary N) is 2. The minimum atomic E-state index is -3.07. The Labute approximate surface area is 109 Å². The maximum atomic E-state index is 11.8. The van der Waals surface area contributed by atoms with E-state index >= 15 is 0 Å². The van der Waals surface area contributed by atoms with Gasteiger partial charge in [-0.2, -0.15) is 11.8 Å². The Morgan fingerprint density at radius 3 is 2.65 bits per heavy atom. The molecule has 4 nitrogen and oxygen atoms in total. The lowest BCUT2D eigenvalue weighted by molar-refractivity contribution is 0.400. The van der Waals surface area contributed by atoms with Crippen molar-refractivity contribution in [2.75, 3.05) is 31.6 Å². The van der Waals surface area contributed by atoms with Crippen molar-refractivity contribution in [2.45, 2.75) is 31.4 Å². The van der Waals surface area contributed by atoms with Crippen LogP contribution < -0.4 is 10.0 Å². The average Bonchev–Trinajstić information content (AvgIpc) is 2.29. The van der Waals surface area contributed by atoms with E-state index in [0.717, 1.165) is 32.4 Å². The van der Waals surface area contributed by atoms with Gasteiger partial charge in [-0.15, -0.1) is 0 Å². The smallest absolute Gasteiger partial charge is 0.211 e. The molecule has 0 aromatic heterocycles. The van der Waals surface area contributed by atoms with Crippen LogP contribution in [-0.4, -0.2) is 45.3 Å². The molecule has 1 unspecified atom stereocenters. The highest BCUT2D eigenvalue weighted by Crippen LogP contribution is 2.14. The zero-order chi connectivity index (χ0) is 12.7. The molecule has 0 aliphatic carbocycles. The van der Waals surface area contributed by atoms with Gasteiger partial charge in [0.25, 0.3) is 0 Å². The van der Waals surface area contributed by atoms with Gasteiger partial charge in [0.2, 0.25) is 10.0 Å². The third-order valence-corrected chi connectivity index (χ3v) is 5.78. The Hall–Kier alpha value is 0.220. The first kappa shape index (κ1) is 15.3. The number of rotatable bonds is 7. The van der Waals surface area contributed by atoms with Gasteiger partial charge in [-0.25, -0.2) is 13.1 Å². The van der Waals surface area contributed by atoms with Crippen LogP contribution in [0.5, 0.6) is 0 Å². The first-order valence-corrected chi connectivity index (χ1v) is 9.18. The van der Waals surface area contributed by atoms with Crippen LogP contribution >= 0.6 is 11.8 Å². The first-order valence-electron chi connectivity index (χ1n) is 6.24. The van der Waals surface area contributed by atoms with Crippen molar-refractivity contribution in [3.8, 4) is 0 Å². The second kappa shape index (κ2) is 7.61. The SMILES string of the molecule is CSC(C)CCNS(=O)(=O)CC1CCNCC1. The summed E-state index contributed by atoms with van der Waals surface area (Å²) in [4.78, 5) is 0. The van der Waals surface area contributed by atoms with Crippen LogP contribution in [0, 0.1) is 5.92 Å². The van der Waals surface area contributed by atoms with Crippen molar-refractivity contribution in [1.82, 2.24) is 10.0 Å². The van der Waals surface area contributed by atoms with Gasteiger partial charge in [0, 0.05) is 11.8 Å². The predicted molar refractivity (Wildman–Crippen MR) is 75.0 cm³/mol. The molecule has 1 aliphatic heterocycles. The van der Waals surface area contributed by atoms with Crippen molar-refractivity contribution in [1.29, 1.82) is 0 Å². The van der Waals surface area contributed by atoms with E-state index in [1.807, 2.05) is 6.26 Å². The third-order valence-electron chi connectivity index (χ3n) is 3.19. The van der Waals surface area contributed by atoms with E-state index in [9.17, 15) is 8.42 Å². The summed E-state index contributed by atoms with van der Waals surface area (Å²) in [6.07, 6.45) is 4.89. The van der Waals surface area contributed by atoms with Crippen LogP contribution in [-0.2, 0) is 10.0 Å². The van der Waals surface area contributed by atoms with Crippen LogP contribution in [0.1, 0.15) is 26.2 Å². The molecule has 0 spiro atoms. The number of hydrogen-bond donors (Lipinski definition) is 2. The summed E-state index contributed by atoms with van der Waals surface area (Å²) in [5.41, 5.74) is 0. The minimum absolute atomic E-state index is 0.294. The summed E-state index contributed by atoms with van der Waals surface area (Å²) in [5, 5.41) is 3.76. The molecule has 1 atom stereocenters. The Morgan fingerprint density at radius 2 is 2.06 bits per heavy atom. The third kappa shape index (κ3) is 6.64. The van der Waals surface area contributed by atoms with Gasteiger partial charge in [0.15, 0.2) is 0 Å². The Morgan fingerprint density at radius 1 is 1.41 bits per heavy atom. The van der Waals surface area contributed by atoms with Gasteiger partial charge in [-0.05, 0) is 44.5 Å². The molecule has 1 saturated heterocycles. The zero-order valence-electron chi connectivity index (χ0n) is 10.7. The zero-order valence-corrected chi connectivity index (χ0v) is 12.4. The van der Waals surface area contributed by atoms with E-state index in [1.54, 1.807) is 11.8 Å². The van der Waals surface area contributed by atoms with Gasteiger partial charge < -0.3 is 5.32 Å². The number of piperidine rings is 1. The van der Waals surface area contributed by atoms with Crippen molar-refractivity contribution in [2.24, 2.45) is 5.92 Å². The largest absolute Gasteiger partial charge is 0.317 e. The number of thioether (sulfide) groups is 1. The average molecular weight is 280 g/mol. The molecular formula is C11H24N2O2S2. The molecule has 6 heteroatoms. The van der Waals surface area contributed by atoms with Gasteiger partial charge >= 0.3 is 0 Å². The summed E-state index contributed by atoms with van der Waals surface area (Å²) in [5.74, 6) is 0.620. The molecule has 2 N–H and O–H groups in total. The van der Waals surface area contributed by atoms with Gasteiger partial charge in [0.05, 0.1) is 5.75 Å². The first-order chi connectivity index (χ1) is 8.03. The summed E-state index contributed by atoms with van der Waals surface area (Å²) < 4.78 is 26.4. The van der Waals surface area contributed by atoms with Crippen LogP contribution in [0.15, 0.2) is 0 Å². The molecular weight excluding hydrogens is 256 g/mol. The van der Waals surface area contributed by atoms with Crippen molar-refractivity contribution < 1.29 is 8.42 Å². The van der Waals surface area contributed by atoms with Gasteiger partial charge in [0.1, 0.15) is 0 Å². The molecule has 17 heavy (non-hydrogen) atoms. The predicted octanol–water partition coefficient (Wildman–Crippen LogP) is 1.05. The molecule has 1 aliphatic rings. The summed E-state index contributed by atoms with van der Waals surface area (Å²) in [6.45, 7) is 4.58. The van der Waals surface area contributed by atoms with Crippen LogP contribution in [0.2, 0.25) is 0 Å². The fourth-order valence-corrected chi connectivity index (χ4v) is 3.81. The molecule has 0 aromatic rings. The molecule has 1 heterocycles. The lowest BCUT2D eigenvalue weighted by Crippen LogP contribution is -2.36. The van der Waals surface area contributed by atoms with Gasteiger partial charge in [-0.1, -0.05) is 6.92 Å². The lowest BCUT2D eigenvalue weighted by atomic mass is 10.0. The van der Waals surface area contributed by atoms with Crippen LogP contribution in [0.3, 0.4) is 0 Å². The number of sulfonamides is 1. The fourth-order valence-electron chi connectivity index (χ4n) is 1.95. The highest BCUT2D eigenvalue weighted by Gasteiger charge is 2.20. The van der Waals surface area contributed by atoms with Crippen molar-refractivity contribution in [3.05, 3.63) is 0 Å². The Bertz CT molecular complexity index is 301. The molecule has 0 radical (unpaired) electrons. The molecule has 0 saturated carbocycles. The lowest BCUT2D eigenvalue weighted by Gasteiger charge is -2.22. The van der Waals surface area contributed by atoms with Crippen LogP contribution in [0.4, 0.5) is 0 Å². The topological polar surface area (TPSA) is 58.2 Å². The van der Waals surface area contributed by atoms with E-state index in [4.69, 9.17) is 0 Å². The second-order valence-corrected chi connectivity index (χ2v) is 7.83. The van der Waals surface area contributed by atoms with Crippen LogP contribution in [0.25, 0.3) is 0 Å². The summed E-state index contributed by atoms with van der Waals surface area (Å²) in [7, 11) is -3.07. The normalized spacial score (nSPS) is 20.4. The second-order valence-electron chi connectivity index (χ2n) is 4.70. The highest BCUT2D eigenvalue weighted by molar-refractivity contribution is 7.99. The van der Waals surface area contributed by atoms with E-state index < -0.39 is 10.0 Å². The van der Waals surface area contributed by atoms with E-state index in [-0.39, 0.29) is 0 Å². The van der Waals surface area contributed by atoms with E-state index in [1.165, 1.54) is 0 Å². The summed E-state index contributed by atoms with van der Waals surface area (Å²) in [6, 6.07) is 0. The molecule has 102 valence electrons. The standard InChI is InChI=1S/C11H24N2O2S2/c1-10(16-2)3-8-13-17(14,15)9-11-4-6-12-7-5-11/h10-13H,3-9H2,1-2H3. The van der Waals surface area contributed by atoms with Gasteiger partial charge in [-0.3, -0.25) is 0 Å².